The summed E-state index contributed by atoms with van der Waals surface area (Å²) in [6, 6.07) is 6.19. The lowest BCUT2D eigenvalue weighted by atomic mass is 10.1. The monoisotopic (exact) mass is 292 g/mol. The summed E-state index contributed by atoms with van der Waals surface area (Å²) in [7, 11) is 1.94. The van der Waals surface area contributed by atoms with E-state index in [0.717, 1.165) is 5.75 Å². The third-order valence-electron chi connectivity index (χ3n) is 3.38. The van der Waals surface area contributed by atoms with Crippen LogP contribution in [0.1, 0.15) is 31.9 Å². The first-order valence-corrected chi connectivity index (χ1v) is 7.51. The van der Waals surface area contributed by atoms with E-state index in [4.69, 9.17) is 4.74 Å². The summed E-state index contributed by atoms with van der Waals surface area (Å²) in [4.78, 5) is 13.9. The number of ether oxygens (including phenoxy) is 1. The zero-order valence-electron chi connectivity index (χ0n) is 14.1. The van der Waals surface area contributed by atoms with Crippen molar-refractivity contribution in [2.24, 2.45) is 0 Å². The molecule has 0 radical (unpaired) electrons. The van der Waals surface area contributed by atoms with Crippen LogP contribution < -0.4 is 10.1 Å². The van der Waals surface area contributed by atoms with Crippen LogP contribution in [0.5, 0.6) is 5.75 Å². The van der Waals surface area contributed by atoms with Gasteiger partial charge in [-0.15, -0.1) is 0 Å². The predicted molar refractivity (Wildman–Crippen MR) is 86.8 cm³/mol. The van der Waals surface area contributed by atoms with Gasteiger partial charge in [0.1, 0.15) is 12.4 Å². The van der Waals surface area contributed by atoms with E-state index in [1.54, 1.807) is 0 Å². The summed E-state index contributed by atoms with van der Waals surface area (Å²) in [5.41, 5.74) is 2.39. The minimum atomic E-state index is -0.157. The summed E-state index contributed by atoms with van der Waals surface area (Å²) in [5, 5.41) is 2.93. The van der Waals surface area contributed by atoms with Gasteiger partial charge in [-0.2, -0.15) is 0 Å². The Morgan fingerprint density at radius 2 is 1.76 bits per heavy atom. The van der Waals surface area contributed by atoms with Crippen molar-refractivity contribution in [2.45, 2.75) is 46.7 Å². The molecule has 1 rings (SSSR count). The van der Waals surface area contributed by atoms with Gasteiger partial charge in [-0.3, -0.25) is 9.69 Å². The van der Waals surface area contributed by atoms with Gasteiger partial charge in [-0.25, -0.2) is 0 Å². The molecule has 4 nitrogen and oxygen atoms in total. The number of rotatable bonds is 7. The molecule has 1 aromatic carbocycles. The van der Waals surface area contributed by atoms with Crippen LogP contribution in [-0.2, 0) is 4.79 Å². The number of carbonyl (C=O) groups is 1. The first kappa shape index (κ1) is 17.5. The lowest BCUT2D eigenvalue weighted by Gasteiger charge is -2.24. The minimum Gasteiger partial charge on any atom is -0.492 e. The molecule has 4 heteroatoms. The third kappa shape index (κ3) is 6.17. The molecule has 1 N–H and O–H groups in total. The number of benzene rings is 1. The molecule has 0 bridgehead atoms. The lowest BCUT2D eigenvalue weighted by molar-refractivity contribution is -0.126. The maximum absolute atomic E-state index is 11.9. The number of amides is 1. The molecule has 1 unspecified atom stereocenters. The van der Waals surface area contributed by atoms with Crippen LogP contribution in [0.3, 0.4) is 0 Å². The second-order valence-electron chi connectivity index (χ2n) is 5.99. The molecule has 118 valence electrons. The van der Waals surface area contributed by atoms with E-state index in [2.05, 4.69) is 25.2 Å². The Bertz CT molecular complexity index is 452. The first-order valence-electron chi connectivity index (χ1n) is 7.51. The topological polar surface area (TPSA) is 41.6 Å². The fraction of sp³-hybridized carbons (Fsp3) is 0.588. The van der Waals surface area contributed by atoms with Gasteiger partial charge in [0, 0.05) is 12.6 Å². The normalized spacial score (nSPS) is 12.6. The van der Waals surface area contributed by atoms with Crippen molar-refractivity contribution >= 4 is 5.91 Å². The molecule has 0 heterocycles. The summed E-state index contributed by atoms with van der Waals surface area (Å²) < 4.78 is 5.78. The van der Waals surface area contributed by atoms with E-state index in [1.807, 2.05) is 44.9 Å². The fourth-order valence-electron chi connectivity index (χ4n) is 2.12. The molecule has 0 aliphatic carbocycles. The SMILES string of the molecule is Cc1cc(C)cc(OCCN(C)C(C)C(=O)NC(C)C)c1. The Balaban J connectivity index is 2.42. The van der Waals surface area contributed by atoms with E-state index in [9.17, 15) is 4.79 Å². The Kier molecular flexibility index (Phi) is 6.69. The molecule has 0 aromatic heterocycles. The van der Waals surface area contributed by atoms with Crippen LogP contribution in [0, 0.1) is 13.8 Å². The summed E-state index contributed by atoms with van der Waals surface area (Å²) in [6.07, 6.45) is 0. The number of nitrogens with one attached hydrogen (secondary N) is 1. The number of nitrogens with zero attached hydrogens (tertiary/aromatic N) is 1. The third-order valence-corrected chi connectivity index (χ3v) is 3.38. The zero-order valence-corrected chi connectivity index (χ0v) is 14.1. The van der Waals surface area contributed by atoms with Crippen molar-refractivity contribution in [1.82, 2.24) is 10.2 Å². The van der Waals surface area contributed by atoms with Gasteiger partial charge in [0.2, 0.25) is 5.91 Å². The molecule has 21 heavy (non-hydrogen) atoms. The number of aryl methyl sites for hydroxylation is 2. The molecule has 0 spiro atoms. The Morgan fingerprint density at radius 3 is 2.29 bits per heavy atom. The van der Waals surface area contributed by atoms with Gasteiger partial charge in [0.05, 0.1) is 6.04 Å². The molecule has 0 saturated heterocycles. The summed E-state index contributed by atoms with van der Waals surface area (Å²) in [5.74, 6) is 0.944. The van der Waals surface area contributed by atoms with Gasteiger partial charge in [0.25, 0.3) is 0 Å². The van der Waals surface area contributed by atoms with Gasteiger partial charge in [0.15, 0.2) is 0 Å². The molecule has 0 saturated carbocycles. The Labute approximate surface area is 128 Å². The van der Waals surface area contributed by atoms with Crippen LogP contribution in [-0.4, -0.2) is 43.1 Å². The quantitative estimate of drug-likeness (QED) is 0.839. The number of hydrogen-bond acceptors (Lipinski definition) is 3. The van der Waals surface area contributed by atoms with Crippen molar-refractivity contribution in [1.29, 1.82) is 0 Å². The highest BCUT2D eigenvalue weighted by Crippen LogP contribution is 2.16. The number of carbonyl (C=O) groups excluding carboxylic acids is 1. The van der Waals surface area contributed by atoms with Gasteiger partial charge < -0.3 is 10.1 Å². The largest absolute Gasteiger partial charge is 0.492 e. The highest BCUT2D eigenvalue weighted by molar-refractivity contribution is 5.81. The second-order valence-corrected chi connectivity index (χ2v) is 5.99. The van der Waals surface area contributed by atoms with Crippen LogP contribution >= 0.6 is 0 Å². The molecule has 0 aliphatic heterocycles. The van der Waals surface area contributed by atoms with E-state index >= 15 is 0 Å². The van der Waals surface area contributed by atoms with Gasteiger partial charge >= 0.3 is 0 Å². The lowest BCUT2D eigenvalue weighted by Crippen LogP contribution is -2.46. The second kappa shape index (κ2) is 8.03. The van der Waals surface area contributed by atoms with Gasteiger partial charge in [-0.05, 0) is 64.9 Å². The smallest absolute Gasteiger partial charge is 0.237 e. The minimum absolute atomic E-state index is 0.0545. The molecule has 1 amide bonds. The summed E-state index contributed by atoms with van der Waals surface area (Å²) >= 11 is 0. The average Bonchev–Trinajstić information content (AvgIpc) is 2.35. The Morgan fingerprint density at radius 1 is 1.19 bits per heavy atom. The van der Waals surface area contributed by atoms with Crippen molar-refractivity contribution in [2.75, 3.05) is 20.2 Å². The van der Waals surface area contributed by atoms with Crippen LogP contribution in [0.25, 0.3) is 0 Å². The van der Waals surface area contributed by atoms with Crippen LogP contribution in [0.15, 0.2) is 18.2 Å². The van der Waals surface area contributed by atoms with Crippen molar-refractivity contribution in [3.05, 3.63) is 29.3 Å². The van der Waals surface area contributed by atoms with E-state index in [1.165, 1.54) is 11.1 Å². The van der Waals surface area contributed by atoms with E-state index in [-0.39, 0.29) is 18.0 Å². The van der Waals surface area contributed by atoms with Gasteiger partial charge in [-0.1, -0.05) is 6.07 Å². The molecular formula is C17H28N2O2. The predicted octanol–water partition coefficient (Wildman–Crippen LogP) is 2.53. The fourth-order valence-corrected chi connectivity index (χ4v) is 2.12. The zero-order chi connectivity index (χ0) is 16.0. The molecule has 1 atom stereocenters. The molecular weight excluding hydrogens is 264 g/mol. The highest BCUT2D eigenvalue weighted by atomic mass is 16.5. The maximum Gasteiger partial charge on any atom is 0.237 e. The van der Waals surface area contributed by atoms with Crippen molar-refractivity contribution < 1.29 is 9.53 Å². The maximum atomic E-state index is 11.9. The summed E-state index contributed by atoms with van der Waals surface area (Å²) in [6.45, 7) is 11.2. The van der Waals surface area contributed by atoms with Crippen LogP contribution in [0.4, 0.5) is 0 Å². The van der Waals surface area contributed by atoms with E-state index in [0.29, 0.717) is 13.2 Å². The molecule has 0 aliphatic rings. The number of hydrogen-bond donors (Lipinski definition) is 1. The van der Waals surface area contributed by atoms with E-state index < -0.39 is 0 Å². The first-order chi connectivity index (χ1) is 9.79. The Hall–Kier alpha value is -1.55. The average molecular weight is 292 g/mol. The molecule has 1 aromatic rings. The highest BCUT2D eigenvalue weighted by Gasteiger charge is 2.18. The van der Waals surface area contributed by atoms with Crippen LogP contribution in [0.2, 0.25) is 0 Å². The molecule has 0 fully saturated rings. The van der Waals surface area contributed by atoms with Crippen molar-refractivity contribution in [3.8, 4) is 5.75 Å². The standard InChI is InChI=1S/C17H28N2O2/c1-12(2)18-17(20)15(5)19(6)7-8-21-16-10-13(3)9-14(4)11-16/h9-12,15H,7-8H2,1-6H3,(H,18,20). The van der Waals surface area contributed by atoms with Crippen molar-refractivity contribution in [3.63, 3.8) is 0 Å². The number of likely N-dealkylation sites (N-methyl/N-ethyl adjacent to an activating group) is 1.